The molecular weight excluding hydrogens is 364 g/mol. The number of nitrogens with zero attached hydrogens (tertiary/aromatic N) is 2. The van der Waals surface area contributed by atoms with E-state index in [1.165, 1.54) is 36.4 Å². The molecular formula is C15H12N4O6S. The minimum Gasteiger partial charge on any atom is -0.366 e. The molecule has 0 aliphatic rings. The fourth-order valence-electron chi connectivity index (χ4n) is 1.94. The van der Waals surface area contributed by atoms with Gasteiger partial charge in [-0.25, -0.2) is 0 Å². The maximum atomic E-state index is 12.0. The van der Waals surface area contributed by atoms with Crippen molar-refractivity contribution >= 4 is 40.6 Å². The average molecular weight is 376 g/mol. The topological polar surface area (TPSA) is 158 Å². The SMILES string of the molecule is NC(=O)c1ccc(SCC(=O)Nc2ccc([N+](=O)[O-])cc2)c([N+](=O)[O-])c1. The van der Waals surface area contributed by atoms with Crippen LogP contribution in [0.3, 0.4) is 0 Å². The standard InChI is InChI=1S/C15H12N4O6S/c16-15(21)9-1-6-13(12(7-9)19(24)25)26-8-14(20)17-10-2-4-11(5-3-10)18(22)23/h1-7H,8H2,(H2,16,21)(H,17,20). The zero-order valence-electron chi connectivity index (χ0n) is 13.1. The van der Waals surface area contributed by atoms with Crippen LogP contribution in [0.25, 0.3) is 0 Å². The molecule has 0 heterocycles. The number of primary amides is 1. The van der Waals surface area contributed by atoms with Crippen molar-refractivity contribution in [2.75, 3.05) is 11.1 Å². The number of carbonyl (C=O) groups is 2. The molecule has 0 saturated heterocycles. The summed E-state index contributed by atoms with van der Waals surface area (Å²) < 4.78 is 0. The molecule has 2 amide bonds. The lowest BCUT2D eigenvalue weighted by Gasteiger charge is -2.06. The third-order valence-corrected chi connectivity index (χ3v) is 4.22. The van der Waals surface area contributed by atoms with E-state index >= 15 is 0 Å². The fraction of sp³-hybridized carbons (Fsp3) is 0.0667. The molecule has 0 atom stereocenters. The van der Waals surface area contributed by atoms with Crippen LogP contribution in [-0.2, 0) is 4.79 Å². The summed E-state index contributed by atoms with van der Waals surface area (Å²) in [4.78, 5) is 43.7. The molecule has 3 N–H and O–H groups in total. The first-order chi connectivity index (χ1) is 12.3. The summed E-state index contributed by atoms with van der Waals surface area (Å²) in [6.45, 7) is 0. The molecule has 0 bridgehead atoms. The van der Waals surface area contributed by atoms with Gasteiger partial charge in [0.25, 0.3) is 11.4 Å². The molecule has 0 aliphatic heterocycles. The third-order valence-electron chi connectivity index (χ3n) is 3.16. The van der Waals surface area contributed by atoms with Gasteiger partial charge in [0.15, 0.2) is 0 Å². The van der Waals surface area contributed by atoms with Gasteiger partial charge in [-0.15, -0.1) is 11.8 Å². The van der Waals surface area contributed by atoms with Crippen molar-refractivity contribution in [2.45, 2.75) is 4.90 Å². The predicted molar refractivity (Wildman–Crippen MR) is 94.1 cm³/mol. The maximum absolute atomic E-state index is 12.0. The number of amides is 2. The summed E-state index contributed by atoms with van der Waals surface area (Å²) >= 11 is 0.917. The van der Waals surface area contributed by atoms with Crippen molar-refractivity contribution in [3.05, 3.63) is 68.3 Å². The summed E-state index contributed by atoms with van der Waals surface area (Å²) in [5.74, 6) is -1.37. The molecule has 0 saturated carbocycles. The number of thioether (sulfide) groups is 1. The second-order valence-corrected chi connectivity index (χ2v) is 5.96. The highest BCUT2D eigenvalue weighted by Gasteiger charge is 2.18. The minimum atomic E-state index is -0.791. The number of hydrogen-bond donors (Lipinski definition) is 2. The van der Waals surface area contributed by atoms with Crippen molar-refractivity contribution in [2.24, 2.45) is 5.73 Å². The van der Waals surface area contributed by atoms with Crippen LogP contribution in [-0.4, -0.2) is 27.4 Å². The number of nitrogens with two attached hydrogens (primary N) is 1. The Hall–Kier alpha value is -3.47. The molecule has 2 aromatic carbocycles. The zero-order valence-corrected chi connectivity index (χ0v) is 13.9. The Morgan fingerprint density at radius 1 is 1.04 bits per heavy atom. The first kappa shape index (κ1) is 18.9. The molecule has 134 valence electrons. The van der Waals surface area contributed by atoms with Crippen LogP contribution in [0.5, 0.6) is 0 Å². The highest BCUT2D eigenvalue weighted by molar-refractivity contribution is 8.00. The first-order valence-electron chi connectivity index (χ1n) is 7.03. The fourth-order valence-corrected chi connectivity index (χ4v) is 2.75. The number of hydrogen-bond acceptors (Lipinski definition) is 7. The summed E-state index contributed by atoms with van der Waals surface area (Å²) in [6.07, 6.45) is 0. The molecule has 11 heteroatoms. The van der Waals surface area contributed by atoms with Gasteiger partial charge in [0.05, 0.1) is 20.5 Å². The number of non-ortho nitro benzene ring substituents is 1. The average Bonchev–Trinajstić information content (AvgIpc) is 2.60. The van der Waals surface area contributed by atoms with Crippen LogP contribution in [0.4, 0.5) is 17.1 Å². The molecule has 0 spiro atoms. The van der Waals surface area contributed by atoms with Crippen molar-refractivity contribution in [1.29, 1.82) is 0 Å². The second kappa shape index (κ2) is 8.07. The number of nitro benzene ring substituents is 2. The summed E-state index contributed by atoms with van der Waals surface area (Å²) in [7, 11) is 0. The van der Waals surface area contributed by atoms with Crippen molar-refractivity contribution < 1.29 is 19.4 Å². The van der Waals surface area contributed by atoms with Crippen LogP contribution in [0.1, 0.15) is 10.4 Å². The molecule has 10 nitrogen and oxygen atoms in total. The smallest absolute Gasteiger partial charge is 0.283 e. The zero-order chi connectivity index (χ0) is 19.3. The Morgan fingerprint density at radius 3 is 2.23 bits per heavy atom. The molecule has 0 radical (unpaired) electrons. The molecule has 0 aromatic heterocycles. The Bertz CT molecular complexity index is 884. The van der Waals surface area contributed by atoms with Gasteiger partial charge in [-0.2, -0.15) is 0 Å². The Labute approximate surface area is 150 Å². The molecule has 0 aliphatic carbocycles. The highest BCUT2D eigenvalue weighted by atomic mass is 32.2. The van der Waals surface area contributed by atoms with E-state index in [0.29, 0.717) is 5.69 Å². The quantitative estimate of drug-likeness (QED) is 0.426. The number of benzene rings is 2. The predicted octanol–water partition coefficient (Wildman–Crippen LogP) is 2.33. The van der Waals surface area contributed by atoms with Crippen LogP contribution < -0.4 is 11.1 Å². The number of nitrogens with one attached hydrogen (secondary N) is 1. The summed E-state index contributed by atoms with van der Waals surface area (Å²) in [6, 6.07) is 8.99. The van der Waals surface area contributed by atoms with Gasteiger partial charge in [0.1, 0.15) is 0 Å². The molecule has 0 unspecified atom stereocenters. The first-order valence-corrected chi connectivity index (χ1v) is 8.02. The highest BCUT2D eigenvalue weighted by Crippen LogP contribution is 2.30. The van der Waals surface area contributed by atoms with Crippen LogP contribution in [0, 0.1) is 20.2 Å². The van der Waals surface area contributed by atoms with E-state index in [2.05, 4.69) is 5.32 Å². The lowest BCUT2D eigenvalue weighted by atomic mass is 10.2. The second-order valence-electron chi connectivity index (χ2n) is 4.94. The lowest BCUT2D eigenvalue weighted by Crippen LogP contribution is -2.14. The van der Waals surface area contributed by atoms with Gasteiger partial charge in [0.2, 0.25) is 11.8 Å². The lowest BCUT2D eigenvalue weighted by molar-refractivity contribution is -0.387. The van der Waals surface area contributed by atoms with Gasteiger partial charge in [-0.1, -0.05) is 0 Å². The molecule has 2 rings (SSSR count). The number of nitro groups is 2. The van der Waals surface area contributed by atoms with Crippen molar-refractivity contribution in [1.82, 2.24) is 0 Å². The normalized spacial score (nSPS) is 10.2. The monoisotopic (exact) mass is 376 g/mol. The van der Waals surface area contributed by atoms with Crippen LogP contribution in [0.2, 0.25) is 0 Å². The van der Waals surface area contributed by atoms with Gasteiger partial charge in [-0.05, 0) is 24.3 Å². The molecule has 26 heavy (non-hydrogen) atoms. The van der Waals surface area contributed by atoms with Gasteiger partial charge in [0, 0.05) is 29.4 Å². The number of carbonyl (C=O) groups excluding carboxylic acids is 2. The summed E-state index contributed by atoms with van der Waals surface area (Å²) in [5.41, 5.74) is 5.02. The van der Waals surface area contributed by atoms with Crippen molar-refractivity contribution in [3.63, 3.8) is 0 Å². The Morgan fingerprint density at radius 2 is 1.69 bits per heavy atom. The molecule has 2 aromatic rings. The van der Waals surface area contributed by atoms with Crippen molar-refractivity contribution in [3.8, 4) is 0 Å². The van der Waals surface area contributed by atoms with Gasteiger partial charge >= 0.3 is 0 Å². The third kappa shape index (κ3) is 4.77. The largest absolute Gasteiger partial charge is 0.366 e. The van der Waals surface area contributed by atoms with E-state index in [0.717, 1.165) is 17.8 Å². The van der Waals surface area contributed by atoms with E-state index < -0.39 is 21.7 Å². The van der Waals surface area contributed by atoms with E-state index in [4.69, 9.17) is 5.73 Å². The van der Waals surface area contributed by atoms with Crippen LogP contribution in [0.15, 0.2) is 47.4 Å². The number of rotatable bonds is 7. The number of anilines is 1. The maximum Gasteiger partial charge on any atom is 0.283 e. The van der Waals surface area contributed by atoms with E-state index in [-0.39, 0.29) is 27.6 Å². The summed E-state index contributed by atoms with van der Waals surface area (Å²) in [5, 5.41) is 24.2. The van der Waals surface area contributed by atoms with Gasteiger partial charge < -0.3 is 11.1 Å². The Kier molecular flexibility index (Phi) is 5.86. The van der Waals surface area contributed by atoms with E-state index in [9.17, 15) is 29.8 Å². The molecule has 0 fully saturated rings. The van der Waals surface area contributed by atoms with Gasteiger partial charge in [-0.3, -0.25) is 29.8 Å². The minimum absolute atomic E-state index is 0.00335. The van der Waals surface area contributed by atoms with E-state index in [1.807, 2.05) is 0 Å². The van der Waals surface area contributed by atoms with Crippen LogP contribution >= 0.6 is 11.8 Å². The van der Waals surface area contributed by atoms with E-state index in [1.54, 1.807) is 0 Å². The Balaban J connectivity index is 2.03.